The first kappa shape index (κ1) is 9.97. The van der Waals surface area contributed by atoms with Crippen LogP contribution in [0.2, 0.25) is 0 Å². The van der Waals surface area contributed by atoms with Crippen LogP contribution in [0.4, 0.5) is 5.69 Å². The molecule has 1 aliphatic heterocycles. The number of hydrogen-bond donors (Lipinski definition) is 3. The topological polar surface area (TPSA) is 74.8 Å². The maximum Gasteiger partial charge on any atom is 0.204 e. The molecule has 80 valence electrons. The maximum atomic E-state index is 5.60. The number of hydrogen-bond acceptors (Lipinski definition) is 6. The number of nitrogens with two attached hydrogens (primary N) is 1. The molecule has 0 fully saturated rings. The molecule has 6 heteroatoms. The number of aryl methyl sites for hydroxylation is 1. The van der Waals surface area contributed by atoms with Gasteiger partial charge in [-0.3, -0.25) is 5.32 Å². The van der Waals surface area contributed by atoms with Crippen LogP contribution in [-0.2, 0) is 0 Å². The Morgan fingerprint density at radius 1 is 1.53 bits per heavy atom. The van der Waals surface area contributed by atoms with Gasteiger partial charge < -0.3 is 11.1 Å². The Kier molecular flexibility index (Phi) is 2.59. The molecule has 1 atom stereocenters. The molecule has 2 rings (SSSR count). The van der Waals surface area contributed by atoms with Crippen LogP contribution in [0.25, 0.3) is 0 Å². The normalized spacial score (nSPS) is 20.3. The van der Waals surface area contributed by atoms with E-state index in [1.165, 1.54) is 4.88 Å². The molecule has 0 saturated carbocycles. The molecule has 1 unspecified atom stereocenters. The van der Waals surface area contributed by atoms with Crippen LogP contribution in [0.15, 0.2) is 21.4 Å². The van der Waals surface area contributed by atoms with Crippen molar-refractivity contribution < 1.29 is 0 Å². The van der Waals surface area contributed by atoms with Gasteiger partial charge in [-0.2, -0.15) is 0 Å². The van der Waals surface area contributed by atoms with Crippen molar-refractivity contribution in [2.45, 2.75) is 20.0 Å². The van der Waals surface area contributed by atoms with E-state index in [-0.39, 0.29) is 6.17 Å². The molecule has 0 saturated heterocycles. The summed E-state index contributed by atoms with van der Waals surface area (Å²) in [6, 6.07) is 2.06. The number of rotatable bonds is 1. The zero-order valence-electron chi connectivity index (χ0n) is 8.61. The van der Waals surface area contributed by atoms with E-state index in [0.717, 1.165) is 5.69 Å². The highest BCUT2D eigenvalue weighted by Crippen LogP contribution is 2.17. The molecule has 1 aliphatic rings. The first-order valence-electron chi connectivity index (χ1n) is 4.64. The van der Waals surface area contributed by atoms with E-state index in [4.69, 9.17) is 5.73 Å². The molecule has 1 aromatic heterocycles. The number of thiophene rings is 1. The van der Waals surface area contributed by atoms with Gasteiger partial charge in [-0.15, -0.1) is 11.3 Å². The molecule has 0 radical (unpaired) electrons. The summed E-state index contributed by atoms with van der Waals surface area (Å²) in [5.41, 5.74) is 6.61. The standard InChI is InChI=1S/C9H13N5S/c1-5-3-7(4-15-5)13-9-12-6(2)11-8(10)14-9/h3-4,6H,1-2H3,(H4,10,11,12,13,14). The smallest absolute Gasteiger partial charge is 0.204 e. The van der Waals surface area contributed by atoms with Crippen LogP contribution in [0.3, 0.4) is 0 Å². The lowest BCUT2D eigenvalue weighted by molar-refractivity contribution is 0.766. The van der Waals surface area contributed by atoms with Crippen LogP contribution in [-0.4, -0.2) is 18.1 Å². The van der Waals surface area contributed by atoms with E-state index < -0.39 is 0 Å². The number of nitrogens with one attached hydrogen (secondary N) is 2. The van der Waals surface area contributed by atoms with Crippen molar-refractivity contribution in [2.24, 2.45) is 15.7 Å². The summed E-state index contributed by atoms with van der Waals surface area (Å²) in [6.07, 6.45) is -0.131. The SMILES string of the molecule is Cc1cc(NC2=NC(C)N=C(N)N2)cs1. The number of aliphatic imine (C=N–C) groups is 2. The Balaban J connectivity index is 2.07. The summed E-state index contributed by atoms with van der Waals surface area (Å²) in [5, 5.41) is 8.06. The molecule has 4 N–H and O–H groups in total. The van der Waals surface area contributed by atoms with Crippen LogP contribution >= 0.6 is 11.3 Å². The Bertz CT molecular complexity index is 420. The minimum absolute atomic E-state index is 0.131. The minimum atomic E-state index is -0.131. The quantitative estimate of drug-likeness (QED) is 0.667. The lowest BCUT2D eigenvalue weighted by Crippen LogP contribution is -2.44. The first-order chi connectivity index (χ1) is 7.13. The van der Waals surface area contributed by atoms with Gasteiger partial charge >= 0.3 is 0 Å². The summed E-state index contributed by atoms with van der Waals surface area (Å²) < 4.78 is 0. The number of anilines is 1. The van der Waals surface area contributed by atoms with Crippen LogP contribution in [0.1, 0.15) is 11.8 Å². The summed E-state index contributed by atoms with van der Waals surface area (Å²) >= 11 is 1.69. The van der Waals surface area contributed by atoms with Crippen LogP contribution in [0, 0.1) is 6.92 Å². The average molecular weight is 223 g/mol. The van der Waals surface area contributed by atoms with Crippen molar-refractivity contribution in [1.29, 1.82) is 0 Å². The zero-order valence-corrected chi connectivity index (χ0v) is 9.43. The molecule has 2 heterocycles. The maximum absolute atomic E-state index is 5.60. The van der Waals surface area contributed by atoms with Gasteiger partial charge in [-0.25, -0.2) is 9.98 Å². The summed E-state index contributed by atoms with van der Waals surface area (Å²) in [6.45, 7) is 3.94. The summed E-state index contributed by atoms with van der Waals surface area (Å²) in [5.74, 6) is 1.04. The monoisotopic (exact) mass is 223 g/mol. The molecular weight excluding hydrogens is 210 g/mol. The van der Waals surface area contributed by atoms with Gasteiger partial charge in [0.2, 0.25) is 5.96 Å². The Labute approximate surface area is 92.1 Å². The van der Waals surface area contributed by atoms with Crippen molar-refractivity contribution >= 4 is 28.9 Å². The highest BCUT2D eigenvalue weighted by molar-refractivity contribution is 7.10. The molecule has 1 aromatic rings. The molecule has 0 aromatic carbocycles. The molecular formula is C9H13N5S. The molecule has 0 aliphatic carbocycles. The second-order valence-electron chi connectivity index (χ2n) is 3.32. The fourth-order valence-corrected chi connectivity index (χ4v) is 1.95. The fourth-order valence-electron chi connectivity index (χ4n) is 1.31. The Morgan fingerprint density at radius 2 is 2.33 bits per heavy atom. The van der Waals surface area contributed by atoms with Gasteiger partial charge in [0.1, 0.15) is 6.17 Å². The lowest BCUT2D eigenvalue weighted by atomic mass is 10.4. The Hall–Kier alpha value is -1.56. The van der Waals surface area contributed by atoms with Crippen LogP contribution < -0.4 is 16.4 Å². The highest BCUT2D eigenvalue weighted by Gasteiger charge is 2.10. The van der Waals surface area contributed by atoms with Gasteiger partial charge in [0.15, 0.2) is 5.96 Å². The highest BCUT2D eigenvalue weighted by atomic mass is 32.1. The fraction of sp³-hybridized carbons (Fsp3) is 0.333. The molecule has 0 amide bonds. The van der Waals surface area contributed by atoms with E-state index in [9.17, 15) is 0 Å². The minimum Gasteiger partial charge on any atom is -0.370 e. The molecule has 0 spiro atoms. The van der Waals surface area contributed by atoms with Crippen LogP contribution in [0.5, 0.6) is 0 Å². The van der Waals surface area contributed by atoms with Crippen molar-refractivity contribution in [2.75, 3.05) is 5.32 Å². The van der Waals surface area contributed by atoms with E-state index >= 15 is 0 Å². The first-order valence-corrected chi connectivity index (χ1v) is 5.52. The lowest BCUT2D eigenvalue weighted by Gasteiger charge is -2.17. The predicted octanol–water partition coefficient (Wildman–Crippen LogP) is 1.09. The third-order valence-electron chi connectivity index (χ3n) is 1.88. The Morgan fingerprint density at radius 3 is 2.93 bits per heavy atom. The van der Waals surface area contributed by atoms with Crippen molar-refractivity contribution in [1.82, 2.24) is 5.32 Å². The third kappa shape index (κ3) is 2.47. The summed E-state index contributed by atoms with van der Waals surface area (Å²) in [4.78, 5) is 9.56. The van der Waals surface area contributed by atoms with Gasteiger partial charge in [-0.05, 0) is 19.9 Å². The zero-order chi connectivity index (χ0) is 10.8. The van der Waals surface area contributed by atoms with E-state index in [0.29, 0.717) is 11.9 Å². The van der Waals surface area contributed by atoms with Crippen molar-refractivity contribution in [3.63, 3.8) is 0 Å². The van der Waals surface area contributed by atoms with E-state index in [2.05, 4.69) is 33.6 Å². The second-order valence-corrected chi connectivity index (χ2v) is 4.44. The van der Waals surface area contributed by atoms with E-state index in [1.807, 2.05) is 12.3 Å². The van der Waals surface area contributed by atoms with E-state index in [1.54, 1.807) is 11.3 Å². The molecule has 5 nitrogen and oxygen atoms in total. The third-order valence-corrected chi connectivity index (χ3v) is 2.74. The number of guanidine groups is 2. The number of nitrogens with zero attached hydrogens (tertiary/aromatic N) is 2. The van der Waals surface area contributed by atoms with Crippen molar-refractivity contribution in [3.05, 3.63) is 16.3 Å². The molecule has 0 bridgehead atoms. The largest absolute Gasteiger partial charge is 0.370 e. The van der Waals surface area contributed by atoms with Gasteiger partial charge in [-0.1, -0.05) is 0 Å². The summed E-state index contributed by atoms with van der Waals surface area (Å²) in [7, 11) is 0. The predicted molar refractivity (Wildman–Crippen MR) is 64.3 cm³/mol. The molecule has 15 heavy (non-hydrogen) atoms. The van der Waals surface area contributed by atoms with Gasteiger partial charge in [0.25, 0.3) is 0 Å². The average Bonchev–Trinajstić information content (AvgIpc) is 2.49. The van der Waals surface area contributed by atoms with Gasteiger partial charge in [0, 0.05) is 10.3 Å². The van der Waals surface area contributed by atoms with Gasteiger partial charge in [0.05, 0.1) is 5.69 Å². The second kappa shape index (κ2) is 3.90. The van der Waals surface area contributed by atoms with Crippen molar-refractivity contribution in [3.8, 4) is 0 Å².